The predicted octanol–water partition coefficient (Wildman–Crippen LogP) is 7.47. The molecule has 4 aromatic carbocycles. The van der Waals surface area contributed by atoms with Gasteiger partial charge in [-0.1, -0.05) is 96.5 Å². The van der Waals surface area contributed by atoms with Crippen LogP contribution in [0.15, 0.2) is 109 Å². The van der Waals surface area contributed by atoms with E-state index < -0.39 is 0 Å². The SMILES string of the molecule is N#Cc1cccc(NC(=O)N(CCC(c2ccccc2)c2ccccc2)Cc2ccccc2Cl)c1. The zero-order valence-corrected chi connectivity index (χ0v) is 20.0. The highest BCUT2D eigenvalue weighted by atomic mass is 35.5. The summed E-state index contributed by atoms with van der Waals surface area (Å²) in [6.07, 6.45) is 0.740. The van der Waals surface area contributed by atoms with Crippen LogP contribution in [0.1, 0.15) is 34.6 Å². The molecule has 0 atom stereocenters. The summed E-state index contributed by atoms with van der Waals surface area (Å²) in [6.45, 7) is 0.892. The lowest BCUT2D eigenvalue weighted by Gasteiger charge is -2.27. The van der Waals surface area contributed by atoms with Crippen molar-refractivity contribution in [2.24, 2.45) is 0 Å². The van der Waals surface area contributed by atoms with Gasteiger partial charge in [0.2, 0.25) is 0 Å². The van der Waals surface area contributed by atoms with Gasteiger partial charge in [0.1, 0.15) is 0 Å². The maximum Gasteiger partial charge on any atom is 0.322 e. The van der Waals surface area contributed by atoms with Gasteiger partial charge >= 0.3 is 6.03 Å². The van der Waals surface area contributed by atoms with Gasteiger partial charge in [0, 0.05) is 29.7 Å². The van der Waals surface area contributed by atoms with Crippen molar-refractivity contribution in [2.45, 2.75) is 18.9 Å². The monoisotopic (exact) mass is 479 g/mol. The molecule has 4 rings (SSSR count). The van der Waals surface area contributed by atoms with E-state index in [0.29, 0.717) is 29.4 Å². The molecule has 174 valence electrons. The van der Waals surface area contributed by atoms with E-state index in [4.69, 9.17) is 11.6 Å². The Morgan fingerprint density at radius 3 is 2.11 bits per heavy atom. The van der Waals surface area contributed by atoms with Crippen LogP contribution in [0.3, 0.4) is 0 Å². The van der Waals surface area contributed by atoms with Crippen LogP contribution < -0.4 is 5.32 Å². The number of anilines is 1. The smallest absolute Gasteiger partial charge is 0.320 e. The van der Waals surface area contributed by atoms with E-state index >= 15 is 0 Å². The van der Waals surface area contributed by atoms with Crippen molar-refractivity contribution in [1.82, 2.24) is 4.90 Å². The number of halogens is 1. The number of nitriles is 1. The zero-order valence-electron chi connectivity index (χ0n) is 19.3. The quantitative estimate of drug-likeness (QED) is 0.285. The van der Waals surface area contributed by atoms with Crippen LogP contribution in [0.4, 0.5) is 10.5 Å². The molecule has 0 fully saturated rings. The Hall–Kier alpha value is -4.07. The fourth-order valence-corrected chi connectivity index (χ4v) is 4.33. The Kier molecular flexibility index (Phi) is 8.17. The first-order valence-corrected chi connectivity index (χ1v) is 11.9. The summed E-state index contributed by atoms with van der Waals surface area (Å²) in [5.74, 6) is 0.140. The molecule has 0 aliphatic carbocycles. The standard InChI is InChI=1S/C30H26ClN3O/c31-29-17-8-7-15-26(29)22-34(30(35)33-27-16-9-10-23(20-27)21-32)19-18-28(24-11-3-1-4-12-24)25-13-5-2-6-14-25/h1-17,20,28H,18-19,22H2,(H,33,35). The maximum absolute atomic E-state index is 13.4. The van der Waals surface area contributed by atoms with E-state index in [0.717, 1.165) is 12.0 Å². The van der Waals surface area contributed by atoms with E-state index in [1.807, 2.05) is 60.7 Å². The molecule has 0 aliphatic heterocycles. The highest BCUT2D eigenvalue weighted by Gasteiger charge is 2.20. The minimum absolute atomic E-state index is 0.140. The molecule has 0 spiro atoms. The van der Waals surface area contributed by atoms with Gasteiger partial charge in [0.05, 0.1) is 11.6 Å². The average molecular weight is 480 g/mol. The fourth-order valence-electron chi connectivity index (χ4n) is 4.14. The number of benzene rings is 4. The Balaban J connectivity index is 1.59. The molecule has 0 saturated heterocycles. The third-order valence-electron chi connectivity index (χ3n) is 5.94. The van der Waals surface area contributed by atoms with E-state index in [1.165, 1.54) is 11.1 Å². The van der Waals surface area contributed by atoms with Gasteiger partial charge in [0.15, 0.2) is 0 Å². The predicted molar refractivity (Wildman–Crippen MR) is 141 cm³/mol. The van der Waals surface area contributed by atoms with Crippen LogP contribution >= 0.6 is 11.6 Å². The van der Waals surface area contributed by atoms with Crippen molar-refractivity contribution < 1.29 is 4.79 Å². The lowest BCUT2D eigenvalue weighted by Crippen LogP contribution is -2.36. The van der Waals surface area contributed by atoms with E-state index in [9.17, 15) is 10.1 Å². The van der Waals surface area contributed by atoms with Crippen molar-refractivity contribution in [1.29, 1.82) is 5.26 Å². The molecule has 0 saturated carbocycles. The first-order chi connectivity index (χ1) is 17.1. The van der Waals surface area contributed by atoms with Gasteiger partial charge < -0.3 is 10.2 Å². The van der Waals surface area contributed by atoms with E-state index in [-0.39, 0.29) is 11.9 Å². The number of amides is 2. The highest BCUT2D eigenvalue weighted by molar-refractivity contribution is 6.31. The molecule has 0 aliphatic rings. The van der Waals surface area contributed by atoms with Crippen molar-refractivity contribution in [2.75, 3.05) is 11.9 Å². The summed E-state index contributed by atoms with van der Waals surface area (Å²) in [6, 6.07) is 37.1. The molecule has 1 N–H and O–H groups in total. The molecule has 0 aromatic heterocycles. The van der Waals surface area contributed by atoms with Gasteiger partial charge in [-0.15, -0.1) is 0 Å². The first kappa shape index (κ1) is 24.1. The van der Waals surface area contributed by atoms with Crippen molar-refractivity contribution in [3.05, 3.63) is 136 Å². The second kappa shape index (κ2) is 11.9. The van der Waals surface area contributed by atoms with Gasteiger partial charge in [-0.05, 0) is 47.4 Å². The summed E-state index contributed by atoms with van der Waals surface area (Å²) in [5, 5.41) is 12.8. The first-order valence-electron chi connectivity index (χ1n) is 11.5. The average Bonchev–Trinajstić information content (AvgIpc) is 2.90. The summed E-state index contributed by atoms with van der Waals surface area (Å²) in [7, 11) is 0. The van der Waals surface area contributed by atoms with Crippen LogP contribution in [-0.4, -0.2) is 17.5 Å². The lowest BCUT2D eigenvalue weighted by atomic mass is 9.88. The van der Waals surface area contributed by atoms with Gasteiger partial charge in [0.25, 0.3) is 0 Å². The van der Waals surface area contributed by atoms with E-state index in [1.54, 1.807) is 29.2 Å². The lowest BCUT2D eigenvalue weighted by molar-refractivity contribution is 0.207. The minimum atomic E-state index is -0.236. The van der Waals surface area contributed by atoms with Crippen molar-refractivity contribution >= 4 is 23.3 Å². The number of nitrogens with zero attached hydrogens (tertiary/aromatic N) is 2. The molecule has 4 aromatic rings. The van der Waals surface area contributed by atoms with Crippen LogP contribution in [0.2, 0.25) is 5.02 Å². The number of rotatable bonds is 8. The molecule has 4 nitrogen and oxygen atoms in total. The largest absolute Gasteiger partial charge is 0.322 e. The molecule has 35 heavy (non-hydrogen) atoms. The zero-order chi connectivity index (χ0) is 24.5. The second-order valence-corrected chi connectivity index (χ2v) is 8.71. The van der Waals surface area contributed by atoms with Gasteiger partial charge in [-0.25, -0.2) is 4.79 Å². The summed E-state index contributed by atoms with van der Waals surface area (Å²) in [5.41, 5.74) is 4.37. The van der Waals surface area contributed by atoms with E-state index in [2.05, 4.69) is 35.7 Å². The Bertz CT molecular complexity index is 1260. The minimum Gasteiger partial charge on any atom is -0.320 e. The normalized spacial score (nSPS) is 10.5. The highest BCUT2D eigenvalue weighted by Crippen LogP contribution is 2.29. The Labute approximate surface area is 211 Å². The maximum atomic E-state index is 13.4. The number of carbonyl (C=O) groups excluding carboxylic acids is 1. The molecule has 0 heterocycles. The van der Waals surface area contributed by atoms with Gasteiger partial charge in [-0.2, -0.15) is 5.26 Å². The number of urea groups is 1. The topological polar surface area (TPSA) is 56.1 Å². The van der Waals surface area contributed by atoms with Crippen molar-refractivity contribution in [3.8, 4) is 6.07 Å². The summed E-state index contributed by atoms with van der Waals surface area (Å²) < 4.78 is 0. The molecule has 2 amide bonds. The number of nitrogens with one attached hydrogen (secondary N) is 1. The third kappa shape index (κ3) is 6.50. The fraction of sp³-hybridized carbons (Fsp3) is 0.133. The van der Waals surface area contributed by atoms with Gasteiger partial charge in [-0.3, -0.25) is 0 Å². The van der Waals surface area contributed by atoms with Crippen LogP contribution in [0, 0.1) is 11.3 Å². The van der Waals surface area contributed by atoms with Crippen LogP contribution in [0.5, 0.6) is 0 Å². The molecule has 0 radical (unpaired) electrons. The Morgan fingerprint density at radius 2 is 1.49 bits per heavy atom. The molecular weight excluding hydrogens is 454 g/mol. The molecule has 0 unspecified atom stereocenters. The summed E-state index contributed by atoms with van der Waals surface area (Å²) >= 11 is 6.43. The Morgan fingerprint density at radius 1 is 0.857 bits per heavy atom. The van der Waals surface area contributed by atoms with Crippen LogP contribution in [-0.2, 0) is 6.54 Å². The van der Waals surface area contributed by atoms with Crippen LogP contribution in [0.25, 0.3) is 0 Å². The summed E-state index contributed by atoms with van der Waals surface area (Å²) in [4.78, 5) is 15.2. The second-order valence-electron chi connectivity index (χ2n) is 8.30. The molecular formula is C30H26ClN3O. The third-order valence-corrected chi connectivity index (χ3v) is 6.31. The number of hydrogen-bond donors (Lipinski definition) is 1. The number of carbonyl (C=O) groups is 1. The van der Waals surface area contributed by atoms with Crippen molar-refractivity contribution in [3.63, 3.8) is 0 Å². The number of hydrogen-bond acceptors (Lipinski definition) is 2. The molecule has 0 bridgehead atoms. The molecule has 5 heteroatoms.